The van der Waals surface area contributed by atoms with Crippen molar-refractivity contribution in [3.05, 3.63) is 60.7 Å². The maximum atomic E-state index is 5.65. The van der Waals surface area contributed by atoms with Gasteiger partial charge >= 0.3 is 0 Å². The van der Waals surface area contributed by atoms with Crippen molar-refractivity contribution in [1.82, 2.24) is 34.8 Å². The summed E-state index contributed by atoms with van der Waals surface area (Å²) in [5.74, 6) is 0.471. The molecule has 0 fully saturated rings. The van der Waals surface area contributed by atoms with Gasteiger partial charge in [-0.2, -0.15) is 0 Å². The molecule has 3 heterocycles. The van der Waals surface area contributed by atoms with Crippen LogP contribution in [0.1, 0.15) is 5.56 Å². The van der Waals surface area contributed by atoms with Gasteiger partial charge in [-0.15, -0.1) is 14.8 Å². The van der Waals surface area contributed by atoms with Crippen LogP contribution in [-0.2, 0) is 6.61 Å². The highest BCUT2D eigenvalue weighted by atomic mass is 16.5. The maximum Gasteiger partial charge on any atom is 0.233 e. The molecule has 0 atom stereocenters. The zero-order valence-corrected chi connectivity index (χ0v) is 11.4. The highest BCUT2D eigenvalue weighted by molar-refractivity contribution is 5.35. The van der Waals surface area contributed by atoms with Gasteiger partial charge in [0.25, 0.3) is 0 Å². The molecule has 8 nitrogen and oxygen atoms in total. The first-order valence-corrected chi connectivity index (χ1v) is 6.64. The van der Waals surface area contributed by atoms with Crippen molar-refractivity contribution in [2.75, 3.05) is 0 Å². The van der Waals surface area contributed by atoms with E-state index < -0.39 is 0 Å². The number of hydrogen-bond donors (Lipinski definition) is 0. The number of hydrogen-bond acceptors (Lipinski definition) is 6. The fourth-order valence-corrected chi connectivity index (χ4v) is 2.04. The number of ether oxygens (including phenoxy) is 1. The van der Waals surface area contributed by atoms with E-state index in [2.05, 4.69) is 25.6 Å². The molecule has 0 N–H and O–H groups in total. The van der Waals surface area contributed by atoms with E-state index in [0.717, 1.165) is 11.3 Å². The third-order valence-electron chi connectivity index (χ3n) is 3.17. The summed E-state index contributed by atoms with van der Waals surface area (Å²) < 4.78 is 8.93. The number of rotatable bonds is 4. The summed E-state index contributed by atoms with van der Waals surface area (Å²) in [5, 5.41) is 15.2. The van der Waals surface area contributed by atoms with E-state index in [-0.39, 0.29) is 0 Å². The number of imidazole rings is 1. The van der Waals surface area contributed by atoms with Crippen molar-refractivity contribution in [1.29, 1.82) is 0 Å². The highest BCUT2D eigenvalue weighted by Gasteiger charge is 2.02. The molecule has 0 aliphatic heterocycles. The molecule has 22 heavy (non-hydrogen) atoms. The van der Waals surface area contributed by atoms with Gasteiger partial charge in [0.15, 0.2) is 5.65 Å². The van der Waals surface area contributed by atoms with Crippen molar-refractivity contribution in [3.63, 3.8) is 0 Å². The van der Waals surface area contributed by atoms with Gasteiger partial charge in [0.1, 0.15) is 6.61 Å². The second-order valence-electron chi connectivity index (χ2n) is 4.62. The van der Waals surface area contributed by atoms with Crippen LogP contribution in [-0.4, -0.2) is 34.8 Å². The number of benzene rings is 1. The molecule has 0 bridgehead atoms. The molecule has 0 aliphatic rings. The molecular weight excluding hydrogens is 282 g/mol. The van der Waals surface area contributed by atoms with E-state index >= 15 is 0 Å². The molecule has 0 aliphatic carbocycles. The fraction of sp³-hybridized carbons (Fsp3) is 0.0714. The summed E-state index contributed by atoms with van der Waals surface area (Å²) in [6.45, 7) is 0.421. The Kier molecular flexibility index (Phi) is 2.97. The third-order valence-corrected chi connectivity index (χ3v) is 3.17. The molecular formula is C14H11N7O. The summed E-state index contributed by atoms with van der Waals surface area (Å²) in [7, 11) is 0. The molecule has 0 saturated carbocycles. The lowest BCUT2D eigenvalue weighted by molar-refractivity contribution is 0.287. The summed E-state index contributed by atoms with van der Waals surface area (Å²) in [6, 6.07) is 11.5. The minimum atomic E-state index is 0.421. The normalized spacial score (nSPS) is 10.9. The van der Waals surface area contributed by atoms with Crippen LogP contribution in [0.25, 0.3) is 11.3 Å². The molecule has 0 saturated heterocycles. The summed E-state index contributed by atoms with van der Waals surface area (Å²) >= 11 is 0. The average molecular weight is 293 g/mol. The quantitative estimate of drug-likeness (QED) is 0.563. The number of fused-ring (bicyclic) bond motifs is 1. The first kappa shape index (κ1) is 12.5. The lowest BCUT2D eigenvalue weighted by Gasteiger charge is -2.06. The standard InChI is InChI=1S/C14H11N7O/c1-3-12(20-8-7-15-10-20)4-2-11(1)9-22-14-6-5-13-16-18-19-21(13)17-14/h1-8,10H,9H2. The van der Waals surface area contributed by atoms with Gasteiger partial charge in [0, 0.05) is 24.1 Å². The fourth-order valence-electron chi connectivity index (χ4n) is 2.04. The first-order valence-electron chi connectivity index (χ1n) is 6.64. The topological polar surface area (TPSA) is 83.0 Å². The van der Waals surface area contributed by atoms with E-state index in [0.29, 0.717) is 18.1 Å². The lowest BCUT2D eigenvalue weighted by atomic mass is 10.2. The zero-order chi connectivity index (χ0) is 14.8. The lowest BCUT2D eigenvalue weighted by Crippen LogP contribution is -2.01. The van der Waals surface area contributed by atoms with Gasteiger partial charge in [-0.05, 0) is 34.2 Å². The molecule has 0 amide bonds. The molecule has 8 heteroatoms. The van der Waals surface area contributed by atoms with Gasteiger partial charge < -0.3 is 9.30 Å². The van der Waals surface area contributed by atoms with Gasteiger partial charge in [-0.3, -0.25) is 0 Å². The van der Waals surface area contributed by atoms with Crippen molar-refractivity contribution < 1.29 is 4.74 Å². The zero-order valence-electron chi connectivity index (χ0n) is 11.4. The second-order valence-corrected chi connectivity index (χ2v) is 4.62. The molecule has 108 valence electrons. The van der Waals surface area contributed by atoms with Crippen molar-refractivity contribution in [3.8, 4) is 11.6 Å². The second kappa shape index (κ2) is 5.24. The van der Waals surface area contributed by atoms with Crippen LogP contribution in [0.3, 0.4) is 0 Å². The summed E-state index contributed by atoms with van der Waals surface area (Å²) in [6.07, 6.45) is 5.41. The van der Waals surface area contributed by atoms with Gasteiger partial charge in [0.2, 0.25) is 5.88 Å². The molecule has 0 radical (unpaired) electrons. The monoisotopic (exact) mass is 293 g/mol. The van der Waals surface area contributed by atoms with Crippen LogP contribution < -0.4 is 4.74 Å². The van der Waals surface area contributed by atoms with Crippen LogP contribution in [0.4, 0.5) is 0 Å². The molecule has 4 rings (SSSR count). The Morgan fingerprint density at radius 1 is 1.05 bits per heavy atom. The Balaban J connectivity index is 1.46. The SMILES string of the molecule is c1cn(-c2ccc(COc3ccc4nnnn4n3)cc2)cn1. The number of nitrogens with zero attached hydrogens (tertiary/aromatic N) is 7. The third kappa shape index (κ3) is 2.37. The molecule has 3 aromatic heterocycles. The predicted octanol–water partition coefficient (Wildman–Crippen LogP) is 1.28. The van der Waals surface area contributed by atoms with Crippen LogP contribution in [0.15, 0.2) is 55.1 Å². The summed E-state index contributed by atoms with van der Waals surface area (Å²) in [5.41, 5.74) is 2.67. The van der Waals surface area contributed by atoms with Crippen LogP contribution in [0.5, 0.6) is 5.88 Å². The van der Waals surface area contributed by atoms with Gasteiger partial charge in [-0.1, -0.05) is 12.1 Å². The van der Waals surface area contributed by atoms with E-state index in [1.54, 1.807) is 24.7 Å². The highest BCUT2D eigenvalue weighted by Crippen LogP contribution is 2.12. The predicted molar refractivity (Wildman–Crippen MR) is 76.5 cm³/mol. The van der Waals surface area contributed by atoms with Gasteiger partial charge in [0.05, 0.1) is 6.33 Å². The average Bonchev–Trinajstić information content (AvgIpc) is 3.24. The van der Waals surface area contributed by atoms with Crippen LogP contribution in [0.2, 0.25) is 0 Å². The smallest absolute Gasteiger partial charge is 0.233 e. The van der Waals surface area contributed by atoms with E-state index in [1.807, 2.05) is 35.0 Å². The Bertz CT molecular complexity index is 883. The van der Waals surface area contributed by atoms with E-state index in [9.17, 15) is 0 Å². The minimum absolute atomic E-state index is 0.421. The number of aromatic nitrogens is 7. The largest absolute Gasteiger partial charge is 0.472 e. The Morgan fingerprint density at radius 2 is 1.95 bits per heavy atom. The molecule has 4 aromatic rings. The van der Waals surface area contributed by atoms with Gasteiger partial charge in [-0.25, -0.2) is 4.98 Å². The molecule has 0 unspecified atom stereocenters. The van der Waals surface area contributed by atoms with Crippen LogP contribution >= 0.6 is 0 Å². The number of tetrazole rings is 1. The molecule has 0 spiro atoms. The van der Waals surface area contributed by atoms with E-state index in [1.165, 1.54) is 4.63 Å². The molecule has 1 aromatic carbocycles. The Morgan fingerprint density at radius 3 is 2.77 bits per heavy atom. The Hall–Kier alpha value is -3.29. The van der Waals surface area contributed by atoms with E-state index in [4.69, 9.17) is 4.74 Å². The summed E-state index contributed by atoms with van der Waals surface area (Å²) in [4.78, 5) is 4.03. The first-order chi connectivity index (χ1) is 10.9. The minimum Gasteiger partial charge on any atom is -0.472 e. The van der Waals surface area contributed by atoms with Crippen molar-refractivity contribution in [2.24, 2.45) is 0 Å². The van der Waals surface area contributed by atoms with Crippen molar-refractivity contribution >= 4 is 5.65 Å². The van der Waals surface area contributed by atoms with Crippen LogP contribution in [0, 0.1) is 0 Å². The Labute approximate surface area is 125 Å². The maximum absolute atomic E-state index is 5.65. The van der Waals surface area contributed by atoms with Crippen molar-refractivity contribution in [2.45, 2.75) is 6.61 Å².